The van der Waals surface area contributed by atoms with Crippen LogP contribution >= 0.6 is 0 Å². The third-order valence-corrected chi connectivity index (χ3v) is 3.17. The van der Waals surface area contributed by atoms with Crippen molar-refractivity contribution in [3.05, 3.63) is 30.1 Å². The minimum absolute atomic E-state index is 0.130. The lowest BCUT2D eigenvalue weighted by Crippen LogP contribution is -2.39. The van der Waals surface area contributed by atoms with Crippen LogP contribution in [-0.2, 0) is 6.42 Å². The van der Waals surface area contributed by atoms with Crippen molar-refractivity contribution in [1.82, 2.24) is 9.88 Å². The number of pyridine rings is 1. The zero-order valence-corrected chi connectivity index (χ0v) is 9.47. The van der Waals surface area contributed by atoms with E-state index in [9.17, 15) is 0 Å². The van der Waals surface area contributed by atoms with Crippen LogP contribution in [0.1, 0.15) is 24.8 Å². The summed E-state index contributed by atoms with van der Waals surface area (Å²) >= 11 is 0. The SMILES string of the molecule is N#CC1CCCCN1CCc1cccnc1. The lowest BCUT2D eigenvalue weighted by molar-refractivity contribution is 0.187. The zero-order chi connectivity index (χ0) is 11.2. The van der Waals surface area contributed by atoms with Gasteiger partial charge in [0.2, 0.25) is 0 Å². The van der Waals surface area contributed by atoms with Gasteiger partial charge in [0.1, 0.15) is 0 Å². The molecule has 1 saturated heterocycles. The molecule has 0 spiro atoms. The van der Waals surface area contributed by atoms with Crippen LogP contribution in [0, 0.1) is 11.3 Å². The first kappa shape index (κ1) is 11.1. The molecule has 0 radical (unpaired) electrons. The fourth-order valence-electron chi connectivity index (χ4n) is 2.22. The molecule has 0 aromatic carbocycles. The molecule has 3 nitrogen and oxygen atoms in total. The molecule has 0 saturated carbocycles. The normalized spacial score (nSPS) is 21.6. The molecule has 1 atom stereocenters. The predicted molar refractivity (Wildman–Crippen MR) is 62.8 cm³/mol. The van der Waals surface area contributed by atoms with Crippen LogP contribution in [-0.4, -0.2) is 29.0 Å². The van der Waals surface area contributed by atoms with Gasteiger partial charge in [0.25, 0.3) is 0 Å². The molecule has 2 heterocycles. The van der Waals surface area contributed by atoms with Crippen LogP contribution < -0.4 is 0 Å². The number of likely N-dealkylation sites (tertiary alicyclic amines) is 1. The van der Waals surface area contributed by atoms with Gasteiger partial charge in [-0.2, -0.15) is 5.26 Å². The predicted octanol–water partition coefficient (Wildman–Crippen LogP) is 2.00. The minimum Gasteiger partial charge on any atom is -0.288 e. The van der Waals surface area contributed by atoms with E-state index in [1.807, 2.05) is 12.3 Å². The molecule has 2 rings (SSSR count). The summed E-state index contributed by atoms with van der Waals surface area (Å²) in [6.07, 6.45) is 8.15. The van der Waals surface area contributed by atoms with Gasteiger partial charge in [0.05, 0.1) is 12.1 Å². The van der Waals surface area contributed by atoms with Crippen molar-refractivity contribution >= 4 is 0 Å². The van der Waals surface area contributed by atoms with E-state index in [1.165, 1.54) is 18.4 Å². The summed E-state index contributed by atoms with van der Waals surface area (Å²) in [4.78, 5) is 6.41. The van der Waals surface area contributed by atoms with Crippen molar-refractivity contribution in [3.8, 4) is 6.07 Å². The van der Waals surface area contributed by atoms with Crippen LogP contribution in [0.15, 0.2) is 24.5 Å². The van der Waals surface area contributed by atoms with Crippen molar-refractivity contribution in [2.75, 3.05) is 13.1 Å². The average molecular weight is 215 g/mol. The van der Waals surface area contributed by atoms with Crippen molar-refractivity contribution in [1.29, 1.82) is 5.26 Å². The maximum absolute atomic E-state index is 9.05. The first-order valence-corrected chi connectivity index (χ1v) is 5.93. The van der Waals surface area contributed by atoms with E-state index in [1.54, 1.807) is 6.20 Å². The Labute approximate surface area is 96.7 Å². The van der Waals surface area contributed by atoms with Gasteiger partial charge in [-0.25, -0.2) is 0 Å². The molecule has 1 aromatic rings. The Hall–Kier alpha value is -1.40. The number of nitriles is 1. The van der Waals surface area contributed by atoms with Crippen LogP contribution in [0.5, 0.6) is 0 Å². The Morgan fingerprint density at radius 3 is 3.19 bits per heavy atom. The summed E-state index contributed by atoms with van der Waals surface area (Å²) in [7, 11) is 0. The second-order valence-electron chi connectivity index (χ2n) is 4.29. The number of hydrogen-bond donors (Lipinski definition) is 0. The quantitative estimate of drug-likeness (QED) is 0.774. The monoisotopic (exact) mass is 215 g/mol. The summed E-state index contributed by atoms with van der Waals surface area (Å²) in [5.41, 5.74) is 1.25. The number of rotatable bonds is 3. The van der Waals surface area contributed by atoms with Crippen LogP contribution in [0.3, 0.4) is 0 Å². The Morgan fingerprint density at radius 1 is 1.50 bits per heavy atom. The molecule has 1 aliphatic rings. The molecular formula is C13H17N3. The second-order valence-corrected chi connectivity index (χ2v) is 4.29. The molecule has 1 aromatic heterocycles. The topological polar surface area (TPSA) is 39.9 Å². The van der Waals surface area contributed by atoms with E-state index in [4.69, 9.17) is 5.26 Å². The number of nitrogens with zero attached hydrogens (tertiary/aromatic N) is 3. The van der Waals surface area contributed by atoms with Gasteiger partial charge >= 0.3 is 0 Å². The highest BCUT2D eigenvalue weighted by atomic mass is 15.2. The summed E-state index contributed by atoms with van der Waals surface area (Å²) in [6, 6.07) is 6.59. The molecule has 1 unspecified atom stereocenters. The van der Waals surface area contributed by atoms with Gasteiger partial charge in [0.15, 0.2) is 0 Å². The second kappa shape index (κ2) is 5.62. The minimum atomic E-state index is 0.130. The summed E-state index contributed by atoms with van der Waals surface area (Å²) in [5, 5.41) is 9.05. The molecule has 0 aliphatic carbocycles. The van der Waals surface area contributed by atoms with Crippen molar-refractivity contribution in [2.24, 2.45) is 0 Å². The molecular weight excluding hydrogens is 198 g/mol. The van der Waals surface area contributed by atoms with Crippen LogP contribution in [0.2, 0.25) is 0 Å². The zero-order valence-electron chi connectivity index (χ0n) is 9.47. The highest BCUT2D eigenvalue weighted by Crippen LogP contribution is 2.16. The standard InChI is InChI=1S/C13H17N3/c14-10-13-5-1-2-8-16(13)9-6-12-4-3-7-15-11-12/h3-4,7,11,13H,1-2,5-6,8-9H2. The van der Waals surface area contributed by atoms with E-state index < -0.39 is 0 Å². The van der Waals surface area contributed by atoms with E-state index in [2.05, 4.69) is 22.0 Å². The van der Waals surface area contributed by atoms with Crippen molar-refractivity contribution in [3.63, 3.8) is 0 Å². The Balaban J connectivity index is 1.87. The maximum atomic E-state index is 9.05. The fourth-order valence-corrected chi connectivity index (χ4v) is 2.22. The van der Waals surface area contributed by atoms with Crippen molar-refractivity contribution in [2.45, 2.75) is 31.7 Å². The van der Waals surface area contributed by atoms with Gasteiger partial charge in [-0.3, -0.25) is 9.88 Å². The highest BCUT2D eigenvalue weighted by Gasteiger charge is 2.21. The summed E-state index contributed by atoms with van der Waals surface area (Å²) < 4.78 is 0. The lowest BCUT2D eigenvalue weighted by Gasteiger charge is -2.31. The fraction of sp³-hybridized carbons (Fsp3) is 0.538. The van der Waals surface area contributed by atoms with E-state index in [-0.39, 0.29) is 6.04 Å². The highest BCUT2D eigenvalue weighted by molar-refractivity contribution is 5.09. The first-order chi connectivity index (χ1) is 7.90. The molecule has 16 heavy (non-hydrogen) atoms. The van der Waals surface area contributed by atoms with Crippen LogP contribution in [0.4, 0.5) is 0 Å². The third kappa shape index (κ3) is 2.80. The Bertz CT molecular complexity index is 355. The van der Waals surface area contributed by atoms with Gasteiger partial charge in [-0.15, -0.1) is 0 Å². The molecule has 0 N–H and O–H groups in total. The number of hydrogen-bond acceptors (Lipinski definition) is 3. The average Bonchev–Trinajstić information content (AvgIpc) is 2.38. The lowest BCUT2D eigenvalue weighted by atomic mass is 10.0. The van der Waals surface area contributed by atoms with Gasteiger partial charge in [0, 0.05) is 18.9 Å². The first-order valence-electron chi connectivity index (χ1n) is 5.93. The molecule has 0 bridgehead atoms. The molecule has 1 fully saturated rings. The number of aromatic nitrogens is 1. The molecule has 1 aliphatic heterocycles. The van der Waals surface area contributed by atoms with Crippen molar-refractivity contribution < 1.29 is 0 Å². The molecule has 84 valence electrons. The summed E-state index contributed by atoms with van der Waals surface area (Å²) in [5.74, 6) is 0. The maximum Gasteiger partial charge on any atom is 0.0978 e. The Kier molecular flexibility index (Phi) is 3.90. The smallest absolute Gasteiger partial charge is 0.0978 e. The third-order valence-electron chi connectivity index (χ3n) is 3.17. The van der Waals surface area contributed by atoms with E-state index >= 15 is 0 Å². The molecule has 0 amide bonds. The molecule has 3 heteroatoms. The largest absolute Gasteiger partial charge is 0.288 e. The van der Waals surface area contributed by atoms with Gasteiger partial charge in [-0.1, -0.05) is 6.07 Å². The van der Waals surface area contributed by atoms with Gasteiger partial charge < -0.3 is 0 Å². The van der Waals surface area contributed by atoms with E-state index in [0.29, 0.717) is 0 Å². The Morgan fingerprint density at radius 2 is 2.44 bits per heavy atom. The summed E-state index contributed by atoms with van der Waals surface area (Å²) in [6.45, 7) is 2.04. The van der Waals surface area contributed by atoms with E-state index in [0.717, 1.165) is 25.9 Å². The van der Waals surface area contributed by atoms with Crippen LogP contribution in [0.25, 0.3) is 0 Å². The van der Waals surface area contributed by atoms with Gasteiger partial charge in [-0.05, 0) is 43.9 Å². The number of piperidine rings is 1.